The molecule has 0 atom stereocenters. The molecular formula is C15H16OS. The van der Waals surface area contributed by atoms with E-state index >= 15 is 0 Å². The van der Waals surface area contributed by atoms with E-state index in [-0.39, 0.29) is 5.41 Å². The van der Waals surface area contributed by atoms with Gasteiger partial charge < -0.3 is 0 Å². The first-order chi connectivity index (χ1) is 8.21. The molecule has 1 aliphatic carbocycles. The molecule has 0 unspecified atom stereocenters. The fourth-order valence-corrected chi connectivity index (χ4v) is 3.79. The van der Waals surface area contributed by atoms with Crippen molar-refractivity contribution < 1.29 is 4.79 Å². The van der Waals surface area contributed by atoms with E-state index in [2.05, 4.69) is 24.4 Å². The van der Waals surface area contributed by atoms with Crippen LogP contribution in [-0.4, -0.2) is 5.78 Å². The average Bonchev–Trinajstić information content (AvgIpc) is 2.96. The number of hydrogen-bond donors (Lipinski definition) is 0. The number of hydrogen-bond acceptors (Lipinski definition) is 2. The molecule has 1 fully saturated rings. The second kappa shape index (κ2) is 3.95. The van der Waals surface area contributed by atoms with Crippen molar-refractivity contribution in [3.05, 3.63) is 35.2 Å². The van der Waals surface area contributed by atoms with Crippen LogP contribution in [0.5, 0.6) is 0 Å². The average molecular weight is 244 g/mol. The van der Waals surface area contributed by atoms with E-state index in [0.717, 1.165) is 23.1 Å². The Hall–Kier alpha value is -1.15. The van der Waals surface area contributed by atoms with Gasteiger partial charge in [-0.15, -0.1) is 11.3 Å². The Morgan fingerprint density at radius 2 is 2.00 bits per heavy atom. The molecule has 1 aromatic carbocycles. The second-order valence-corrected chi connectivity index (χ2v) is 6.16. The predicted molar refractivity (Wildman–Crippen MR) is 72.7 cm³/mol. The number of carbonyl (C=O) groups excluding carboxylic acids is 1. The minimum Gasteiger partial charge on any atom is -0.294 e. The molecule has 0 aliphatic heterocycles. The molecule has 3 rings (SSSR count). The Kier molecular flexibility index (Phi) is 2.55. The largest absolute Gasteiger partial charge is 0.294 e. The first-order valence-electron chi connectivity index (χ1n) is 6.22. The predicted octanol–water partition coefficient (Wildman–Crippen LogP) is 4.66. The van der Waals surface area contributed by atoms with Crippen LogP contribution in [-0.2, 0) is 0 Å². The topological polar surface area (TPSA) is 17.1 Å². The van der Waals surface area contributed by atoms with Crippen molar-refractivity contribution in [2.75, 3.05) is 0 Å². The molecule has 17 heavy (non-hydrogen) atoms. The summed E-state index contributed by atoms with van der Waals surface area (Å²) in [6, 6.07) is 8.17. The zero-order chi connectivity index (χ0) is 11.9. The quantitative estimate of drug-likeness (QED) is 0.702. The molecule has 1 aliphatic rings. The molecule has 0 spiro atoms. The van der Waals surface area contributed by atoms with Crippen molar-refractivity contribution in [3.8, 4) is 0 Å². The van der Waals surface area contributed by atoms with Crippen molar-refractivity contribution in [1.82, 2.24) is 0 Å². The number of benzene rings is 1. The number of thiophene rings is 1. The molecule has 0 N–H and O–H groups in total. The van der Waals surface area contributed by atoms with Crippen molar-refractivity contribution in [1.29, 1.82) is 0 Å². The Morgan fingerprint density at radius 3 is 2.76 bits per heavy atom. The molecule has 0 bridgehead atoms. The molecule has 2 aromatic rings. The lowest BCUT2D eigenvalue weighted by molar-refractivity contribution is 0.0825. The van der Waals surface area contributed by atoms with E-state index in [4.69, 9.17) is 0 Å². The number of rotatable bonds is 2. The van der Waals surface area contributed by atoms with Crippen LogP contribution >= 0.6 is 11.3 Å². The van der Waals surface area contributed by atoms with Crippen LogP contribution in [0.3, 0.4) is 0 Å². The van der Waals surface area contributed by atoms with Gasteiger partial charge in [-0.3, -0.25) is 4.79 Å². The van der Waals surface area contributed by atoms with Gasteiger partial charge in [0.2, 0.25) is 0 Å². The van der Waals surface area contributed by atoms with Gasteiger partial charge in [0.05, 0.1) is 0 Å². The summed E-state index contributed by atoms with van der Waals surface area (Å²) in [5, 5.41) is 3.26. The van der Waals surface area contributed by atoms with Gasteiger partial charge in [0, 0.05) is 15.7 Å². The Morgan fingerprint density at radius 1 is 1.24 bits per heavy atom. The maximum atomic E-state index is 12.7. The van der Waals surface area contributed by atoms with Gasteiger partial charge in [0.15, 0.2) is 5.78 Å². The van der Waals surface area contributed by atoms with Gasteiger partial charge in [-0.2, -0.15) is 0 Å². The van der Waals surface area contributed by atoms with Crippen LogP contribution in [0, 0.1) is 5.41 Å². The number of carbonyl (C=O) groups is 1. The lowest BCUT2D eigenvalue weighted by Crippen LogP contribution is -2.24. The van der Waals surface area contributed by atoms with Crippen LogP contribution in [0.15, 0.2) is 29.6 Å². The number of Topliss-reactive ketones (excluding diaryl/α,β-unsaturated/α-hetero) is 1. The third kappa shape index (κ3) is 1.71. The first-order valence-corrected chi connectivity index (χ1v) is 7.10. The molecule has 1 nitrogen and oxygen atoms in total. The minimum atomic E-state index is -0.113. The van der Waals surface area contributed by atoms with Crippen LogP contribution < -0.4 is 0 Å². The van der Waals surface area contributed by atoms with E-state index in [0.29, 0.717) is 5.78 Å². The Bertz CT molecular complexity index is 561. The minimum absolute atomic E-state index is 0.113. The monoisotopic (exact) mass is 244 g/mol. The molecular weight excluding hydrogens is 228 g/mol. The highest BCUT2D eigenvalue weighted by Crippen LogP contribution is 2.41. The zero-order valence-corrected chi connectivity index (χ0v) is 10.8. The maximum absolute atomic E-state index is 12.7. The van der Waals surface area contributed by atoms with Gasteiger partial charge >= 0.3 is 0 Å². The highest BCUT2D eigenvalue weighted by molar-refractivity contribution is 7.17. The molecule has 1 heterocycles. The molecule has 0 saturated heterocycles. The summed E-state index contributed by atoms with van der Waals surface area (Å²) in [4.78, 5) is 12.7. The van der Waals surface area contributed by atoms with Gasteiger partial charge in [0.25, 0.3) is 0 Å². The van der Waals surface area contributed by atoms with E-state index in [1.165, 1.54) is 18.2 Å². The Balaban J connectivity index is 2.09. The molecule has 2 heteroatoms. The SMILES string of the molecule is CC1(C(=O)c2cccc3ccsc23)CCCC1. The molecule has 88 valence electrons. The van der Waals surface area contributed by atoms with Crippen LogP contribution in [0.4, 0.5) is 0 Å². The van der Waals surface area contributed by atoms with Crippen molar-refractivity contribution >= 4 is 27.2 Å². The summed E-state index contributed by atoms with van der Waals surface area (Å²) >= 11 is 1.68. The summed E-state index contributed by atoms with van der Waals surface area (Å²) in [5.41, 5.74) is 0.819. The van der Waals surface area contributed by atoms with Gasteiger partial charge in [-0.05, 0) is 35.7 Å². The third-order valence-corrected chi connectivity index (χ3v) is 4.94. The Labute approximate surface area is 105 Å². The van der Waals surface area contributed by atoms with Crippen LogP contribution in [0.25, 0.3) is 10.1 Å². The summed E-state index contributed by atoms with van der Waals surface area (Å²) in [5.74, 6) is 0.350. The second-order valence-electron chi connectivity index (χ2n) is 5.24. The number of fused-ring (bicyclic) bond motifs is 1. The van der Waals surface area contributed by atoms with E-state index in [9.17, 15) is 4.79 Å². The standard InChI is InChI=1S/C15H16OS/c1-15(8-2-3-9-15)14(16)12-6-4-5-11-7-10-17-13(11)12/h4-7,10H,2-3,8-9H2,1H3. The van der Waals surface area contributed by atoms with Crippen molar-refractivity contribution in [2.45, 2.75) is 32.6 Å². The van der Waals surface area contributed by atoms with Gasteiger partial charge in [0.1, 0.15) is 0 Å². The molecule has 1 aromatic heterocycles. The molecule has 0 amide bonds. The summed E-state index contributed by atoms with van der Waals surface area (Å²) in [6.07, 6.45) is 4.49. The van der Waals surface area contributed by atoms with E-state index < -0.39 is 0 Å². The summed E-state index contributed by atoms with van der Waals surface area (Å²) in [6.45, 7) is 2.13. The van der Waals surface area contributed by atoms with Gasteiger partial charge in [-0.25, -0.2) is 0 Å². The van der Waals surface area contributed by atoms with Crippen LogP contribution in [0.1, 0.15) is 43.0 Å². The summed E-state index contributed by atoms with van der Waals surface area (Å²) < 4.78 is 1.16. The van der Waals surface area contributed by atoms with E-state index in [1.807, 2.05) is 12.1 Å². The smallest absolute Gasteiger partial charge is 0.170 e. The third-order valence-electron chi connectivity index (χ3n) is 3.98. The lowest BCUT2D eigenvalue weighted by atomic mass is 9.80. The number of ketones is 1. The van der Waals surface area contributed by atoms with Crippen molar-refractivity contribution in [3.63, 3.8) is 0 Å². The fourth-order valence-electron chi connectivity index (χ4n) is 2.88. The maximum Gasteiger partial charge on any atom is 0.170 e. The van der Waals surface area contributed by atoms with E-state index in [1.54, 1.807) is 11.3 Å². The summed E-state index contributed by atoms with van der Waals surface area (Å²) in [7, 11) is 0. The van der Waals surface area contributed by atoms with Crippen LogP contribution in [0.2, 0.25) is 0 Å². The zero-order valence-electron chi connectivity index (χ0n) is 10.0. The highest BCUT2D eigenvalue weighted by atomic mass is 32.1. The molecule has 0 radical (unpaired) electrons. The normalized spacial score (nSPS) is 18.6. The fraction of sp³-hybridized carbons (Fsp3) is 0.400. The van der Waals surface area contributed by atoms with Crippen molar-refractivity contribution in [2.24, 2.45) is 5.41 Å². The lowest BCUT2D eigenvalue weighted by Gasteiger charge is -2.21. The molecule has 1 saturated carbocycles. The first kappa shape index (κ1) is 11.0. The van der Waals surface area contributed by atoms with Gasteiger partial charge in [-0.1, -0.05) is 31.9 Å². The highest BCUT2D eigenvalue weighted by Gasteiger charge is 2.37.